The molecule has 1 aliphatic rings. The molecule has 0 amide bonds. The fourth-order valence-corrected chi connectivity index (χ4v) is 3.63. The van der Waals surface area contributed by atoms with Crippen LogP contribution in [0.1, 0.15) is 65.5 Å². The van der Waals surface area contributed by atoms with Gasteiger partial charge in [0.2, 0.25) is 5.78 Å². The van der Waals surface area contributed by atoms with Gasteiger partial charge in [-0.25, -0.2) is 0 Å². The lowest BCUT2D eigenvalue weighted by Gasteiger charge is -2.53. The van der Waals surface area contributed by atoms with Crippen molar-refractivity contribution in [3.63, 3.8) is 0 Å². The van der Waals surface area contributed by atoms with Gasteiger partial charge < -0.3 is 5.21 Å². The first-order chi connectivity index (χ1) is 11.3. The van der Waals surface area contributed by atoms with Crippen LogP contribution in [0.5, 0.6) is 0 Å². The Hall–Kier alpha value is -1.72. The molecular formula is C19H28N2O3. The van der Waals surface area contributed by atoms with Crippen molar-refractivity contribution in [1.29, 1.82) is 0 Å². The maximum Gasteiger partial charge on any atom is 0.202 e. The Morgan fingerprint density at radius 3 is 2.33 bits per heavy atom. The minimum absolute atomic E-state index is 0.144. The molecule has 24 heavy (non-hydrogen) atoms. The first-order valence-electron chi connectivity index (χ1n) is 8.60. The lowest BCUT2D eigenvalue weighted by Crippen LogP contribution is -2.68. The molecule has 1 aromatic rings. The maximum absolute atomic E-state index is 12.9. The topological polar surface area (TPSA) is 62.1 Å². The first-order valence-corrected chi connectivity index (χ1v) is 8.60. The number of hydrogen-bond acceptors (Lipinski definition) is 5. The fraction of sp³-hybridized carbons (Fsp3) is 0.579. The van der Waals surface area contributed by atoms with Crippen molar-refractivity contribution in [2.45, 2.75) is 71.1 Å². The molecule has 0 saturated carbocycles. The summed E-state index contributed by atoms with van der Waals surface area (Å²) >= 11 is 0. The molecule has 2 rings (SSSR count). The van der Waals surface area contributed by atoms with Gasteiger partial charge >= 0.3 is 0 Å². The summed E-state index contributed by atoms with van der Waals surface area (Å²) in [5, 5.41) is 14.4. The van der Waals surface area contributed by atoms with Crippen LogP contribution in [0.4, 0.5) is 0 Å². The summed E-state index contributed by atoms with van der Waals surface area (Å²) in [7, 11) is 0. The van der Waals surface area contributed by atoms with Crippen LogP contribution in [-0.4, -0.2) is 32.8 Å². The second kappa shape index (κ2) is 7.03. The third kappa shape index (κ3) is 3.10. The molecule has 1 heterocycles. The van der Waals surface area contributed by atoms with E-state index >= 15 is 0 Å². The summed E-state index contributed by atoms with van der Waals surface area (Å²) in [4.78, 5) is 19.3. The van der Waals surface area contributed by atoms with Crippen molar-refractivity contribution in [2.75, 3.05) is 0 Å². The van der Waals surface area contributed by atoms with Crippen LogP contribution in [0.25, 0.3) is 0 Å². The molecule has 0 spiro atoms. The predicted molar refractivity (Wildman–Crippen MR) is 94.0 cm³/mol. The summed E-state index contributed by atoms with van der Waals surface area (Å²) in [6, 6.07) is 9.96. The molecule has 1 atom stereocenters. The molecular weight excluding hydrogens is 304 g/mol. The Morgan fingerprint density at radius 1 is 1.25 bits per heavy atom. The van der Waals surface area contributed by atoms with Crippen LogP contribution in [0, 0.1) is 0 Å². The molecule has 1 N–H and O–H groups in total. The normalized spacial score (nSPS) is 23.4. The average molecular weight is 332 g/mol. The first kappa shape index (κ1) is 18.6. The minimum atomic E-state index is -0.813. The van der Waals surface area contributed by atoms with Crippen molar-refractivity contribution in [1.82, 2.24) is 5.06 Å². The molecule has 0 radical (unpaired) electrons. The van der Waals surface area contributed by atoms with Gasteiger partial charge in [0, 0.05) is 12.0 Å². The molecule has 132 valence electrons. The quantitative estimate of drug-likeness (QED) is 0.651. The van der Waals surface area contributed by atoms with Crippen LogP contribution in [-0.2, 0) is 9.63 Å². The van der Waals surface area contributed by atoms with Gasteiger partial charge in [-0.05, 0) is 39.2 Å². The predicted octanol–water partition coefficient (Wildman–Crippen LogP) is 4.12. The van der Waals surface area contributed by atoms with E-state index in [1.807, 2.05) is 70.0 Å². The van der Waals surface area contributed by atoms with E-state index in [2.05, 4.69) is 5.16 Å². The number of rotatable bonds is 5. The van der Waals surface area contributed by atoms with Gasteiger partial charge in [-0.1, -0.05) is 49.3 Å². The molecule has 1 fully saturated rings. The van der Waals surface area contributed by atoms with Crippen molar-refractivity contribution >= 4 is 11.5 Å². The number of hydrogen-bond donors (Lipinski definition) is 1. The Labute approximate surface area is 144 Å². The van der Waals surface area contributed by atoms with Gasteiger partial charge in [-0.15, -0.1) is 0 Å². The van der Waals surface area contributed by atoms with Gasteiger partial charge in [0.1, 0.15) is 17.4 Å². The molecule has 5 nitrogen and oxygen atoms in total. The molecule has 0 aromatic heterocycles. The van der Waals surface area contributed by atoms with Gasteiger partial charge in [0.15, 0.2) is 0 Å². The lowest BCUT2D eigenvalue weighted by atomic mass is 9.74. The zero-order valence-electron chi connectivity index (χ0n) is 15.2. The monoisotopic (exact) mass is 332 g/mol. The number of oxime groups is 1. The molecule has 1 aromatic carbocycles. The van der Waals surface area contributed by atoms with E-state index in [4.69, 9.17) is 4.84 Å². The minimum Gasteiger partial charge on any atom is -0.411 e. The Kier molecular flexibility index (Phi) is 5.45. The summed E-state index contributed by atoms with van der Waals surface area (Å²) in [5.41, 5.74) is 0.0241. The van der Waals surface area contributed by atoms with Crippen LogP contribution in [0.3, 0.4) is 0 Å². The zero-order valence-corrected chi connectivity index (χ0v) is 15.2. The number of carbonyl (C=O) groups excluding carboxylic acids is 1. The summed E-state index contributed by atoms with van der Waals surface area (Å²) in [5.74, 6) is -0.144. The van der Waals surface area contributed by atoms with Crippen LogP contribution in [0.2, 0.25) is 0 Å². The Bertz CT molecular complexity index is 606. The van der Waals surface area contributed by atoms with Gasteiger partial charge in [0.25, 0.3) is 0 Å². The maximum atomic E-state index is 12.9. The Balaban J connectivity index is 2.41. The van der Waals surface area contributed by atoms with Crippen LogP contribution < -0.4 is 0 Å². The molecule has 0 aliphatic carbocycles. The van der Waals surface area contributed by atoms with Crippen molar-refractivity contribution < 1.29 is 14.8 Å². The number of Topliss-reactive ketones (excluding diaryl/α,β-unsaturated/α-hetero) is 1. The van der Waals surface area contributed by atoms with E-state index < -0.39 is 11.1 Å². The van der Waals surface area contributed by atoms with E-state index in [0.29, 0.717) is 19.3 Å². The molecule has 5 heteroatoms. The van der Waals surface area contributed by atoms with Gasteiger partial charge in [-0.2, -0.15) is 5.06 Å². The SMILES string of the molecule is CCC1(CC)C(=O)C(=NO)CC(C)(C)N1OC(C)c1ccccc1. The second-order valence-corrected chi connectivity index (χ2v) is 7.06. The molecule has 1 unspecified atom stereocenters. The fourth-order valence-electron chi connectivity index (χ4n) is 3.63. The van der Waals surface area contributed by atoms with E-state index in [1.165, 1.54) is 0 Å². The second-order valence-electron chi connectivity index (χ2n) is 7.06. The van der Waals surface area contributed by atoms with Crippen LogP contribution >= 0.6 is 0 Å². The highest BCUT2D eigenvalue weighted by molar-refractivity contribution is 6.43. The lowest BCUT2D eigenvalue weighted by molar-refractivity contribution is -0.292. The molecule has 0 bridgehead atoms. The molecule has 1 saturated heterocycles. The number of ketones is 1. The number of piperidine rings is 1. The third-order valence-electron chi connectivity index (χ3n) is 5.05. The number of carbonyl (C=O) groups is 1. The average Bonchev–Trinajstić information content (AvgIpc) is 2.59. The largest absolute Gasteiger partial charge is 0.411 e. The van der Waals surface area contributed by atoms with Crippen molar-refractivity contribution in [3.05, 3.63) is 35.9 Å². The zero-order chi connectivity index (χ0) is 18.0. The third-order valence-corrected chi connectivity index (χ3v) is 5.05. The van der Waals surface area contributed by atoms with Crippen LogP contribution in [0.15, 0.2) is 35.5 Å². The number of hydroxylamine groups is 2. The smallest absolute Gasteiger partial charge is 0.202 e. The van der Waals surface area contributed by atoms with E-state index in [9.17, 15) is 10.0 Å². The van der Waals surface area contributed by atoms with Gasteiger partial charge in [-0.3, -0.25) is 9.63 Å². The van der Waals surface area contributed by atoms with E-state index in [-0.39, 0.29) is 17.6 Å². The molecule has 1 aliphatic heterocycles. The van der Waals surface area contributed by atoms with Crippen molar-refractivity contribution in [2.24, 2.45) is 5.16 Å². The number of benzene rings is 1. The Morgan fingerprint density at radius 2 is 1.83 bits per heavy atom. The number of nitrogens with zero attached hydrogens (tertiary/aromatic N) is 2. The highest BCUT2D eigenvalue weighted by Crippen LogP contribution is 2.41. The van der Waals surface area contributed by atoms with E-state index in [1.54, 1.807) is 0 Å². The summed E-state index contributed by atoms with van der Waals surface area (Å²) < 4.78 is 0. The summed E-state index contributed by atoms with van der Waals surface area (Å²) in [6.45, 7) is 9.97. The highest BCUT2D eigenvalue weighted by Gasteiger charge is 2.55. The van der Waals surface area contributed by atoms with Gasteiger partial charge in [0.05, 0.1) is 0 Å². The standard InChI is InChI=1S/C19H28N2O3/c1-6-19(7-2)17(22)16(20-23)13-18(4,5)21(19)24-14(3)15-11-9-8-10-12-15/h8-12,14,23H,6-7,13H2,1-5H3. The van der Waals surface area contributed by atoms with E-state index in [0.717, 1.165) is 5.56 Å². The van der Waals surface area contributed by atoms with Crippen molar-refractivity contribution in [3.8, 4) is 0 Å². The highest BCUT2D eigenvalue weighted by atomic mass is 16.7. The summed E-state index contributed by atoms with van der Waals surface area (Å²) in [6.07, 6.45) is 1.35.